The van der Waals surface area contributed by atoms with Gasteiger partial charge in [0.05, 0.1) is 23.5 Å². The number of aromatic nitrogens is 3. The van der Waals surface area contributed by atoms with Gasteiger partial charge < -0.3 is 10.4 Å². The fourth-order valence-electron chi connectivity index (χ4n) is 1.49. The van der Waals surface area contributed by atoms with Crippen LogP contribution in [0.1, 0.15) is 16.1 Å². The molecule has 0 aliphatic rings. The maximum atomic E-state index is 12.0. The molecule has 21 heavy (non-hydrogen) atoms. The third kappa shape index (κ3) is 3.64. The number of carbonyl (C=O) groups excluding carboxylic acids is 1. The van der Waals surface area contributed by atoms with Crippen molar-refractivity contribution >= 4 is 33.5 Å². The van der Waals surface area contributed by atoms with Crippen molar-refractivity contribution in [3.8, 4) is 6.07 Å². The average molecular weight is 350 g/mol. The fraction of sp³-hybridized carbons (Fsp3) is 0.0833. The average Bonchev–Trinajstić information content (AvgIpc) is 2.88. The van der Waals surface area contributed by atoms with E-state index in [4.69, 9.17) is 10.4 Å². The second kappa shape index (κ2) is 6.15. The summed E-state index contributed by atoms with van der Waals surface area (Å²) in [5, 5.41) is 27.1. The molecule has 2 rings (SSSR count). The fourth-order valence-corrected chi connectivity index (χ4v) is 1.97. The Bertz CT molecular complexity index is 750. The number of benzene rings is 1. The van der Waals surface area contributed by atoms with Gasteiger partial charge in [0, 0.05) is 4.47 Å². The van der Waals surface area contributed by atoms with Crippen LogP contribution in [0.4, 0.5) is 5.69 Å². The number of halogens is 1. The molecule has 2 N–H and O–H groups in total. The maximum absolute atomic E-state index is 12.0. The van der Waals surface area contributed by atoms with Crippen molar-refractivity contribution < 1.29 is 14.7 Å². The van der Waals surface area contributed by atoms with Gasteiger partial charge in [-0.15, -0.1) is 5.10 Å². The number of rotatable bonds is 4. The van der Waals surface area contributed by atoms with Crippen molar-refractivity contribution in [2.24, 2.45) is 0 Å². The molecule has 0 spiro atoms. The van der Waals surface area contributed by atoms with Gasteiger partial charge in [0.15, 0.2) is 5.69 Å². The number of hydrogen-bond acceptors (Lipinski definition) is 5. The predicted molar refractivity (Wildman–Crippen MR) is 74.5 cm³/mol. The highest BCUT2D eigenvalue weighted by atomic mass is 79.9. The number of carboxylic acids is 1. The summed E-state index contributed by atoms with van der Waals surface area (Å²) in [6.45, 7) is -0.374. The number of nitrogens with zero attached hydrogens (tertiary/aromatic N) is 4. The van der Waals surface area contributed by atoms with Crippen LogP contribution in [0.5, 0.6) is 0 Å². The van der Waals surface area contributed by atoms with E-state index in [0.717, 1.165) is 4.68 Å². The van der Waals surface area contributed by atoms with Gasteiger partial charge in [-0.1, -0.05) is 5.21 Å². The van der Waals surface area contributed by atoms with Crippen LogP contribution >= 0.6 is 15.9 Å². The number of carbonyl (C=O) groups is 2. The third-order valence-corrected chi connectivity index (χ3v) is 3.07. The summed E-state index contributed by atoms with van der Waals surface area (Å²) in [7, 11) is 0. The molecule has 1 aromatic carbocycles. The highest BCUT2D eigenvalue weighted by Crippen LogP contribution is 2.23. The van der Waals surface area contributed by atoms with Gasteiger partial charge in [0.25, 0.3) is 5.91 Å². The molecule has 0 saturated carbocycles. The Morgan fingerprint density at radius 3 is 2.86 bits per heavy atom. The van der Waals surface area contributed by atoms with Gasteiger partial charge in [0.1, 0.15) is 6.54 Å². The zero-order valence-electron chi connectivity index (χ0n) is 10.4. The van der Waals surface area contributed by atoms with Crippen molar-refractivity contribution in [2.45, 2.75) is 6.54 Å². The summed E-state index contributed by atoms with van der Waals surface area (Å²) in [6.07, 6.45) is 1.24. The molecule has 0 fully saturated rings. The molecule has 0 radical (unpaired) electrons. The number of carboxylic acid groups (broad SMARTS) is 1. The smallest absolute Gasteiger partial charge is 0.325 e. The second-order valence-corrected chi connectivity index (χ2v) is 4.81. The maximum Gasteiger partial charge on any atom is 0.325 e. The van der Waals surface area contributed by atoms with Crippen LogP contribution < -0.4 is 5.32 Å². The predicted octanol–water partition coefficient (Wildman–Crippen LogP) is 1.25. The number of nitriles is 1. The normalized spacial score (nSPS) is 9.90. The first-order valence-electron chi connectivity index (χ1n) is 5.62. The van der Waals surface area contributed by atoms with Crippen LogP contribution in [0.2, 0.25) is 0 Å². The first-order chi connectivity index (χ1) is 9.99. The number of hydrogen-bond donors (Lipinski definition) is 2. The van der Waals surface area contributed by atoms with Crippen molar-refractivity contribution in [2.75, 3.05) is 5.32 Å². The Balaban J connectivity index is 2.13. The lowest BCUT2D eigenvalue weighted by Crippen LogP contribution is -2.13. The highest BCUT2D eigenvalue weighted by molar-refractivity contribution is 9.10. The zero-order chi connectivity index (χ0) is 15.4. The van der Waals surface area contributed by atoms with Crippen molar-refractivity contribution in [3.05, 3.63) is 40.1 Å². The third-order valence-electron chi connectivity index (χ3n) is 2.41. The lowest BCUT2D eigenvalue weighted by atomic mass is 10.2. The van der Waals surface area contributed by atoms with E-state index in [1.54, 1.807) is 18.2 Å². The van der Waals surface area contributed by atoms with E-state index in [9.17, 15) is 9.59 Å². The Morgan fingerprint density at radius 1 is 1.48 bits per heavy atom. The van der Waals surface area contributed by atoms with E-state index in [0.29, 0.717) is 15.7 Å². The van der Waals surface area contributed by atoms with E-state index >= 15 is 0 Å². The summed E-state index contributed by atoms with van der Waals surface area (Å²) < 4.78 is 1.60. The lowest BCUT2D eigenvalue weighted by Gasteiger charge is -2.05. The van der Waals surface area contributed by atoms with Crippen LogP contribution in [-0.4, -0.2) is 32.0 Å². The summed E-state index contributed by atoms with van der Waals surface area (Å²) >= 11 is 3.24. The molecule has 0 aliphatic heterocycles. The van der Waals surface area contributed by atoms with Crippen molar-refractivity contribution in [1.82, 2.24) is 15.0 Å². The van der Waals surface area contributed by atoms with E-state index in [-0.39, 0.29) is 12.2 Å². The standard InChI is InChI=1S/C12H8BrN5O3/c13-8-3-7(4-14)1-2-9(8)15-12(21)10-5-18(17-16-10)6-11(19)20/h1-3,5H,6H2,(H,15,21)(H,19,20). The molecule has 2 aromatic rings. The molecule has 0 unspecified atom stereocenters. The minimum atomic E-state index is -1.08. The van der Waals surface area contributed by atoms with Crippen molar-refractivity contribution in [1.29, 1.82) is 5.26 Å². The van der Waals surface area contributed by atoms with Gasteiger partial charge >= 0.3 is 5.97 Å². The van der Waals surface area contributed by atoms with Gasteiger partial charge in [-0.05, 0) is 34.1 Å². The van der Waals surface area contributed by atoms with Crippen LogP contribution in [0.3, 0.4) is 0 Å². The Hall–Kier alpha value is -2.73. The van der Waals surface area contributed by atoms with Crippen LogP contribution in [0.25, 0.3) is 0 Å². The quantitative estimate of drug-likeness (QED) is 0.856. The Kier molecular flexibility index (Phi) is 4.30. The van der Waals surface area contributed by atoms with E-state index in [1.165, 1.54) is 6.20 Å². The second-order valence-electron chi connectivity index (χ2n) is 3.96. The number of aliphatic carboxylic acids is 1. The first-order valence-corrected chi connectivity index (χ1v) is 6.42. The molecule has 0 saturated heterocycles. The molecular weight excluding hydrogens is 342 g/mol. The Morgan fingerprint density at radius 2 is 2.24 bits per heavy atom. The van der Waals surface area contributed by atoms with E-state index in [1.807, 2.05) is 6.07 Å². The minimum Gasteiger partial charge on any atom is -0.480 e. The SMILES string of the molecule is N#Cc1ccc(NC(=O)c2cn(CC(=O)O)nn2)c(Br)c1. The topological polar surface area (TPSA) is 121 Å². The van der Waals surface area contributed by atoms with Crippen LogP contribution in [0, 0.1) is 11.3 Å². The molecule has 0 aliphatic carbocycles. The van der Waals surface area contributed by atoms with Crippen LogP contribution in [0.15, 0.2) is 28.9 Å². The molecule has 9 heteroatoms. The highest BCUT2D eigenvalue weighted by Gasteiger charge is 2.13. The summed E-state index contributed by atoms with van der Waals surface area (Å²) in [4.78, 5) is 22.5. The minimum absolute atomic E-state index is 0.00694. The van der Waals surface area contributed by atoms with Gasteiger partial charge in [0.2, 0.25) is 0 Å². The first kappa shape index (κ1) is 14.7. The largest absolute Gasteiger partial charge is 0.480 e. The molecule has 1 heterocycles. The number of anilines is 1. The molecule has 106 valence electrons. The van der Waals surface area contributed by atoms with Gasteiger partial charge in [-0.25, -0.2) is 4.68 Å². The molecule has 1 aromatic heterocycles. The summed E-state index contributed by atoms with van der Waals surface area (Å²) in [5.74, 6) is -1.61. The number of amides is 1. The van der Waals surface area contributed by atoms with Gasteiger partial charge in [-0.3, -0.25) is 9.59 Å². The van der Waals surface area contributed by atoms with E-state index < -0.39 is 11.9 Å². The molecule has 8 nitrogen and oxygen atoms in total. The number of nitrogens with one attached hydrogen (secondary N) is 1. The monoisotopic (exact) mass is 349 g/mol. The Labute approximate surface area is 127 Å². The lowest BCUT2D eigenvalue weighted by molar-refractivity contribution is -0.137. The molecule has 1 amide bonds. The molecule has 0 bridgehead atoms. The molecular formula is C12H8BrN5O3. The van der Waals surface area contributed by atoms with Gasteiger partial charge in [-0.2, -0.15) is 5.26 Å². The van der Waals surface area contributed by atoms with E-state index in [2.05, 4.69) is 31.6 Å². The summed E-state index contributed by atoms with van der Waals surface area (Å²) in [6, 6.07) is 6.67. The van der Waals surface area contributed by atoms with Crippen molar-refractivity contribution in [3.63, 3.8) is 0 Å². The molecule has 0 atom stereocenters. The summed E-state index contributed by atoms with van der Waals surface area (Å²) in [5.41, 5.74) is 0.909. The zero-order valence-corrected chi connectivity index (χ0v) is 12.0. The van der Waals surface area contributed by atoms with Crippen LogP contribution in [-0.2, 0) is 11.3 Å².